The van der Waals surface area contributed by atoms with Crippen LogP contribution in [-0.4, -0.2) is 12.6 Å². The Hall–Kier alpha value is -1.57. The molecule has 17 heavy (non-hydrogen) atoms. The second-order valence-electron chi connectivity index (χ2n) is 3.84. The molecule has 1 aromatic rings. The molecule has 2 heteroatoms. The summed E-state index contributed by atoms with van der Waals surface area (Å²) >= 11 is 0. The van der Waals surface area contributed by atoms with Gasteiger partial charge in [-0.25, -0.2) is 0 Å². The normalized spacial score (nSPS) is 10.6. The highest BCUT2D eigenvalue weighted by atomic mass is 16.5. The molecule has 92 valence electrons. The van der Waals surface area contributed by atoms with E-state index in [9.17, 15) is 4.79 Å². The molecule has 0 unspecified atom stereocenters. The van der Waals surface area contributed by atoms with Crippen molar-refractivity contribution in [3.05, 3.63) is 48.0 Å². The highest BCUT2D eigenvalue weighted by Gasteiger charge is 1.97. The fourth-order valence-corrected chi connectivity index (χ4v) is 1.56. The van der Waals surface area contributed by atoms with E-state index in [0.717, 1.165) is 19.3 Å². The molecule has 0 atom stereocenters. The van der Waals surface area contributed by atoms with Crippen LogP contribution in [0.4, 0.5) is 0 Å². The first-order chi connectivity index (χ1) is 8.33. The van der Waals surface area contributed by atoms with Crippen LogP contribution in [0.1, 0.15) is 31.7 Å². The van der Waals surface area contributed by atoms with Crippen LogP contribution in [0, 0.1) is 0 Å². The first-order valence-corrected chi connectivity index (χ1v) is 6.17. The van der Waals surface area contributed by atoms with Gasteiger partial charge in [0.15, 0.2) is 0 Å². The summed E-state index contributed by atoms with van der Waals surface area (Å²) in [5.41, 5.74) is 1.35. The molecule has 0 aliphatic carbocycles. The number of rotatable bonds is 7. The van der Waals surface area contributed by atoms with Gasteiger partial charge < -0.3 is 4.74 Å². The third-order valence-corrected chi connectivity index (χ3v) is 2.43. The van der Waals surface area contributed by atoms with Crippen LogP contribution >= 0.6 is 0 Å². The molecule has 0 aliphatic rings. The Labute approximate surface area is 103 Å². The lowest BCUT2D eigenvalue weighted by molar-refractivity contribution is -0.142. The Morgan fingerprint density at radius 2 is 1.88 bits per heavy atom. The first-order valence-electron chi connectivity index (χ1n) is 6.17. The average Bonchev–Trinajstić information content (AvgIpc) is 2.35. The van der Waals surface area contributed by atoms with Crippen LogP contribution in [0.5, 0.6) is 0 Å². The van der Waals surface area contributed by atoms with E-state index in [1.807, 2.05) is 13.0 Å². The minimum atomic E-state index is -0.111. The molecule has 0 amide bonds. The second kappa shape index (κ2) is 8.57. The van der Waals surface area contributed by atoms with Crippen LogP contribution in [-0.2, 0) is 16.0 Å². The molecule has 0 radical (unpaired) electrons. The van der Waals surface area contributed by atoms with Gasteiger partial charge in [-0.15, -0.1) is 0 Å². The zero-order valence-electron chi connectivity index (χ0n) is 10.4. The second-order valence-corrected chi connectivity index (χ2v) is 3.84. The fraction of sp³-hybridized carbons (Fsp3) is 0.400. The monoisotopic (exact) mass is 232 g/mol. The van der Waals surface area contributed by atoms with Crippen molar-refractivity contribution in [1.29, 1.82) is 0 Å². The Bertz CT molecular complexity index is 341. The summed E-state index contributed by atoms with van der Waals surface area (Å²) in [5.74, 6) is -0.111. The molecule has 0 aliphatic heterocycles. The molecule has 0 N–H and O–H groups in total. The molecule has 0 spiro atoms. The highest BCUT2D eigenvalue weighted by molar-refractivity contribution is 5.69. The van der Waals surface area contributed by atoms with Gasteiger partial charge in [-0.2, -0.15) is 0 Å². The summed E-state index contributed by atoms with van der Waals surface area (Å²) in [4.78, 5) is 11.0. The van der Waals surface area contributed by atoms with Gasteiger partial charge in [-0.1, -0.05) is 42.5 Å². The first kappa shape index (κ1) is 13.5. The van der Waals surface area contributed by atoms with Gasteiger partial charge in [0.1, 0.15) is 0 Å². The maximum absolute atomic E-state index is 11.0. The molecule has 0 fully saturated rings. The molecule has 0 saturated heterocycles. The van der Waals surface area contributed by atoms with Gasteiger partial charge >= 0.3 is 5.97 Å². The third-order valence-electron chi connectivity index (χ3n) is 2.43. The predicted octanol–water partition coefficient (Wildman–Crippen LogP) is 3.52. The quantitative estimate of drug-likeness (QED) is 0.531. The maximum atomic E-state index is 11.0. The number of carbonyl (C=O) groups is 1. The zero-order valence-corrected chi connectivity index (χ0v) is 10.4. The van der Waals surface area contributed by atoms with E-state index in [1.165, 1.54) is 5.56 Å². The van der Waals surface area contributed by atoms with Crippen molar-refractivity contribution in [1.82, 2.24) is 0 Å². The third kappa shape index (κ3) is 6.56. The number of carbonyl (C=O) groups excluding carboxylic acids is 1. The molecule has 1 aromatic carbocycles. The Morgan fingerprint density at radius 1 is 1.18 bits per heavy atom. The van der Waals surface area contributed by atoms with Crippen LogP contribution in [0.2, 0.25) is 0 Å². The Balaban J connectivity index is 2.09. The number of aryl methyl sites for hydroxylation is 1. The Kier molecular flexibility index (Phi) is 6.80. The predicted molar refractivity (Wildman–Crippen MR) is 69.8 cm³/mol. The average molecular weight is 232 g/mol. The fourth-order valence-electron chi connectivity index (χ4n) is 1.56. The number of allylic oxidation sites excluding steroid dienone is 2. The van der Waals surface area contributed by atoms with Crippen molar-refractivity contribution in [3.63, 3.8) is 0 Å². The van der Waals surface area contributed by atoms with E-state index in [-0.39, 0.29) is 5.97 Å². The SMILES string of the molecule is CCOC(=O)CCC=CCCc1ccccc1. The van der Waals surface area contributed by atoms with E-state index >= 15 is 0 Å². The van der Waals surface area contributed by atoms with E-state index in [2.05, 4.69) is 36.4 Å². The van der Waals surface area contributed by atoms with Gasteiger partial charge in [-0.3, -0.25) is 4.79 Å². The standard InChI is InChI=1S/C15H20O2/c1-2-17-15(16)13-9-4-3-6-10-14-11-7-5-8-12-14/h3-5,7-8,11-12H,2,6,9-10,13H2,1H3. The van der Waals surface area contributed by atoms with Gasteiger partial charge in [0.2, 0.25) is 0 Å². The maximum Gasteiger partial charge on any atom is 0.306 e. The molecule has 0 saturated carbocycles. The Morgan fingerprint density at radius 3 is 2.59 bits per heavy atom. The zero-order chi connectivity index (χ0) is 12.3. The molecule has 0 aromatic heterocycles. The van der Waals surface area contributed by atoms with Crippen LogP contribution in [0.25, 0.3) is 0 Å². The molecule has 2 nitrogen and oxygen atoms in total. The lowest BCUT2D eigenvalue weighted by Gasteiger charge is -1.98. The number of benzene rings is 1. The summed E-state index contributed by atoms with van der Waals surface area (Å²) < 4.78 is 4.84. The van der Waals surface area contributed by atoms with Crippen molar-refractivity contribution in [2.45, 2.75) is 32.6 Å². The summed E-state index contributed by atoms with van der Waals surface area (Å²) in [5, 5.41) is 0. The van der Waals surface area contributed by atoms with Crippen molar-refractivity contribution in [2.75, 3.05) is 6.61 Å². The van der Waals surface area contributed by atoms with Crippen LogP contribution in [0.3, 0.4) is 0 Å². The smallest absolute Gasteiger partial charge is 0.306 e. The minimum Gasteiger partial charge on any atom is -0.466 e. The van der Waals surface area contributed by atoms with E-state index < -0.39 is 0 Å². The van der Waals surface area contributed by atoms with Crippen molar-refractivity contribution < 1.29 is 9.53 Å². The van der Waals surface area contributed by atoms with Crippen molar-refractivity contribution in [2.24, 2.45) is 0 Å². The van der Waals surface area contributed by atoms with Gasteiger partial charge in [0.25, 0.3) is 0 Å². The summed E-state index contributed by atoms with van der Waals surface area (Å²) in [6.45, 7) is 2.30. The highest BCUT2D eigenvalue weighted by Crippen LogP contribution is 2.03. The van der Waals surface area contributed by atoms with E-state index in [1.54, 1.807) is 0 Å². The summed E-state index contributed by atoms with van der Waals surface area (Å²) in [6, 6.07) is 10.4. The van der Waals surface area contributed by atoms with Crippen molar-refractivity contribution >= 4 is 5.97 Å². The van der Waals surface area contributed by atoms with E-state index in [0.29, 0.717) is 13.0 Å². The number of hydrogen-bond acceptors (Lipinski definition) is 2. The van der Waals surface area contributed by atoms with E-state index in [4.69, 9.17) is 4.74 Å². The molecule has 0 bridgehead atoms. The number of ether oxygens (including phenoxy) is 1. The summed E-state index contributed by atoms with van der Waals surface area (Å²) in [6.07, 6.45) is 7.51. The van der Waals surface area contributed by atoms with Gasteiger partial charge in [0, 0.05) is 6.42 Å². The largest absolute Gasteiger partial charge is 0.466 e. The lowest BCUT2D eigenvalue weighted by Crippen LogP contribution is -2.02. The van der Waals surface area contributed by atoms with Crippen molar-refractivity contribution in [3.8, 4) is 0 Å². The summed E-state index contributed by atoms with van der Waals surface area (Å²) in [7, 11) is 0. The topological polar surface area (TPSA) is 26.3 Å². The molecule has 1 rings (SSSR count). The van der Waals surface area contributed by atoms with Gasteiger partial charge in [-0.05, 0) is 31.7 Å². The lowest BCUT2D eigenvalue weighted by atomic mass is 10.1. The molecule has 0 heterocycles. The molecular weight excluding hydrogens is 212 g/mol. The minimum absolute atomic E-state index is 0.111. The van der Waals surface area contributed by atoms with Crippen LogP contribution in [0.15, 0.2) is 42.5 Å². The van der Waals surface area contributed by atoms with Crippen LogP contribution < -0.4 is 0 Å². The molecular formula is C15H20O2. The number of hydrogen-bond donors (Lipinski definition) is 0. The van der Waals surface area contributed by atoms with Gasteiger partial charge in [0.05, 0.1) is 6.61 Å². The number of esters is 1.